The molecule has 1 unspecified atom stereocenters. The summed E-state index contributed by atoms with van der Waals surface area (Å²) >= 11 is 0. The predicted molar refractivity (Wildman–Crippen MR) is 252 cm³/mol. The summed E-state index contributed by atoms with van der Waals surface area (Å²) < 4.78 is 16.8. The van der Waals surface area contributed by atoms with Crippen molar-refractivity contribution in [2.45, 2.75) is 298 Å². The van der Waals surface area contributed by atoms with Crippen LogP contribution in [0.15, 0.2) is 0 Å². The minimum Gasteiger partial charge on any atom is -0.462 e. The van der Waals surface area contributed by atoms with Gasteiger partial charge in [-0.15, -0.1) is 0 Å². The van der Waals surface area contributed by atoms with Crippen molar-refractivity contribution in [3.05, 3.63) is 0 Å². The van der Waals surface area contributed by atoms with Gasteiger partial charge in [-0.2, -0.15) is 0 Å². The van der Waals surface area contributed by atoms with Crippen LogP contribution in [-0.2, 0) is 28.6 Å². The number of carbonyl (C=O) groups is 3. The highest BCUT2D eigenvalue weighted by Crippen LogP contribution is 2.18. The summed E-state index contributed by atoms with van der Waals surface area (Å²) in [5, 5.41) is 0. The highest BCUT2D eigenvalue weighted by atomic mass is 16.6. The van der Waals surface area contributed by atoms with Gasteiger partial charge in [0.05, 0.1) is 0 Å². The average molecular weight is 835 g/mol. The van der Waals surface area contributed by atoms with Crippen molar-refractivity contribution in [2.75, 3.05) is 13.2 Å². The lowest BCUT2D eigenvalue weighted by Crippen LogP contribution is -2.30. The Hall–Kier alpha value is -1.59. The molecule has 0 saturated heterocycles. The molecule has 0 aliphatic heterocycles. The molecule has 0 aromatic heterocycles. The number of carbonyl (C=O) groups excluding carboxylic acids is 3. The van der Waals surface area contributed by atoms with Crippen molar-refractivity contribution >= 4 is 17.9 Å². The molecular weight excluding hydrogens is 733 g/mol. The monoisotopic (exact) mass is 835 g/mol. The van der Waals surface area contributed by atoms with Gasteiger partial charge < -0.3 is 14.2 Å². The molecule has 6 heteroatoms. The van der Waals surface area contributed by atoms with Crippen LogP contribution in [-0.4, -0.2) is 37.2 Å². The maximum Gasteiger partial charge on any atom is 0.306 e. The van der Waals surface area contributed by atoms with Crippen molar-refractivity contribution < 1.29 is 28.6 Å². The number of hydrogen-bond acceptors (Lipinski definition) is 6. The van der Waals surface area contributed by atoms with Crippen molar-refractivity contribution in [3.8, 4) is 0 Å². The zero-order valence-electron chi connectivity index (χ0n) is 40.4. The fraction of sp³-hybridized carbons (Fsp3) is 0.943. The lowest BCUT2D eigenvalue weighted by Gasteiger charge is -2.18. The van der Waals surface area contributed by atoms with Crippen LogP contribution in [0.1, 0.15) is 291 Å². The Morgan fingerprint density at radius 3 is 0.966 bits per heavy atom. The van der Waals surface area contributed by atoms with Crippen LogP contribution in [0.5, 0.6) is 0 Å². The van der Waals surface area contributed by atoms with E-state index in [1.807, 2.05) is 0 Å². The standard InChI is InChI=1S/C53H102O6/c1-6-8-9-10-11-12-13-14-15-16-17-18-22-28-33-38-43-51(54)57-46-50(59-53(56)45-40-35-30-25-24-27-32-37-42-49(5)7-2)47-58-52(55)44-39-34-29-23-20-19-21-26-31-36-41-48(3)4/h48-50H,6-47H2,1-5H3/t49?,50-/m0/s1. The first kappa shape index (κ1) is 57.4. The van der Waals surface area contributed by atoms with Crippen molar-refractivity contribution in [3.63, 3.8) is 0 Å². The van der Waals surface area contributed by atoms with E-state index >= 15 is 0 Å². The van der Waals surface area contributed by atoms with Gasteiger partial charge in [-0.05, 0) is 31.1 Å². The van der Waals surface area contributed by atoms with Gasteiger partial charge in [-0.3, -0.25) is 14.4 Å². The van der Waals surface area contributed by atoms with Crippen LogP contribution >= 0.6 is 0 Å². The third-order valence-electron chi connectivity index (χ3n) is 12.3. The third kappa shape index (κ3) is 45.8. The van der Waals surface area contributed by atoms with Crippen molar-refractivity contribution in [2.24, 2.45) is 11.8 Å². The first-order valence-corrected chi connectivity index (χ1v) is 26.3. The molecule has 0 rings (SSSR count). The van der Waals surface area contributed by atoms with E-state index in [1.54, 1.807) is 0 Å². The van der Waals surface area contributed by atoms with Crippen molar-refractivity contribution in [1.82, 2.24) is 0 Å². The summed E-state index contributed by atoms with van der Waals surface area (Å²) in [7, 11) is 0. The quantitative estimate of drug-likeness (QED) is 0.0345. The minimum absolute atomic E-state index is 0.0640. The molecule has 0 fully saturated rings. The number of hydrogen-bond donors (Lipinski definition) is 0. The first-order valence-electron chi connectivity index (χ1n) is 26.3. The van der Waals surface area contributed by atoms with Gasteiger partial charge in [0.1, 0.15) is 13.2 Å². The number of esters is 3. The fourth-order valence-corrected chi connectivity index (χ4v) is 7.96. The fourth-order valence-electron chi connectivity index (χ4n) is 7.96. The second-order valence-electron chi connectivity index (χ2n) is 18.9. The molecular formula is C53H102O6. The van der Waals surface area contributed by atoms with E-state index in [1.165, 1.54) is 180 Å². The van der Waals surface area contributed by atoms with E-state index < -0.39 is 6.10 Å². The highest BCUT2D eigenvalue weighted by molar-refractivity contribution is 5.71. The Labute approximate surface area is 368 Å². The lowest BCUT2D eigenvalue weighted by molar-refractivity contribution is -0.167. The number of unbranched alkanes of at least 4 members (excludes halogenated alkanes) is 31. The summed E-state index contributed by atoms with van der Waals surface area (Å²) in [4.78, 5) is 37.9. The second kappa shape index (κ2) is 45.9. The van der Waals surface area contributed by atoms with Crippen LogP contribution < -0.4 is 0 Å². The van der Waals surface area contributed by atoms with Crippen LogP contribution in [0.25, 0.3) is 0 Å². The Morgan fingerprint density at radius 2 is 0.644 bits per heavy atom. The maximum atomic E-state index is 12.8. The van der Waals surface area contributed by atoms with E-state index in [0.29, 0.717) is 19.3 Å². The van der Waals surface area contributed by atoms with E-state index in [0.717, 1.165) is 69.6 Å². The Kier molecular flexibility index (Phi) is 44.7. The van der Waals surface area contributed by atoms with Crippen LogP contribution in [0.3, 0.4) is 0 Å². The molecule has 2 atom stereocenters. The molecule has 0 spiro atoms. The first-order chi connectivity index (χ1) is 28.8. The molecule has 0 radical (unpaired) electrons. The molecule has 0 heterocycles. The van der Waals surface area contributed by atoms with Gasteiger partial charge in [0.2, 0.25) is 0 Å². The Bertz CT molecular complexity index is 902. The molecule has 0 amide bonds. The lowest BCUT2D eigenvalue weighted by atomic mass is 9.99. The molecule has 0 aliphatic carbocycles. The smallest absolute Gasteiger partial charge is 0.306 e. The Balaban J connectivity index is 4.31. The summed E-state index contributed by atoms with van der Waals surface area (Å²) in [6.45, 7) is 11.4. The molecule has 59 heavy (non-hydrogen) atoms. The largest absolute Gasteiger partial charge is 0.462 e. The normalized spacial score (nSPS) is 12.5. The molecule has 0 aliphatic rings. The van der Waals surface area contributed by atoms with Crippen LogP contribution in [0, 0.1) is 11.8 Å². The molecule has 6 nitrogen and oxygen atoms in total. The predicted octanol–water partition coefficient (Wildman–Crippen LogP) is 16.9. The summed E-state index contributed by atoms with van der Waals surface area (Å²) in [5.74, 6) is 0.814. The zero-order valence-corrected chi connectivity index (χ0v) is 40.4. The molecule has 0 bridgehead atoms. The SMILES string of the molecule is CCCCCCCCCCCCCCCCCCC(=O)OC[C@@H](COC(=O)CCCCCCCCCCCCC(C)C)OC(=O)CCCCCCCCCCC(C)CC. The van der Waals surface area contributed by atoms with E-state index in [4.69, 9.17) is 14.2 Å². The molecule has 0 N–H and O–H groups in total. The summed E-state index contributed by atoms with van der Waals surface area (Å²) in [6.07, 6.45) is 46.6. The van der Waals surface area contributed by atoms with Gasteiger partial charge in [0.25, 0.3) is 0 Å². The number of rotatable bonds is 47. The second-order valence-corrected chi connectivity index (χ2v) is 18.9. The van der Waals surface area contributed by atoms with Gasteiger partial charge in [-0.1, -0.05) is 253 Å². The highest BCUT2D eigenvalue weighted by Gasteiger charge is 2.19. The van der Waals surface area contributed by atoms with Crippen LogP contribution in [0.4, 0.5) is 0 Å². The average Bonchev–Trinajstić information content (AvgIpc) is 3.22. The maximum absolute atomic E-state index is 12.8. The summed E-state index contributed by atoms with van der Waals surface area (Å²) in [5.41, 5.74) is 0. The van der Waals surface area contributed by atoms with Crippen molar-refractivity contribution in [1.29, 1.82) is 0 Å². The molecule has 350 valence electrons. The number of ether oxygens (including phenoxy) is 3. The molecule has 0 aromatic rings. The van der Waals surface area contributed by atoms with Gasteiger partial charge in [-0.25, -0.2) is 0 Å². The van der Waals surface area contributed by atoms with Gasteiger partial charge in [0.15, 0.2) is 6.10 Å². The van der Waals surface area contributed by atoms with Crippen LogP contribution in [0.2, 0.25) is 0 Å². The van der Waals surface area contributed by atoms with E-state index in [-0.39, 0.29) is 31.1 Å². The molecule has 0 saturated carbocycles. The van der Waals surface area contributed by atoms with E-state index in [2.05, 4.69) is 34.6 Å². The topological polar surface area (TPSA) is 78.9 Å². The van der Waals surface area contributed by atoms with Gasteiger partial charge in [0, 0.05) is 19.3 Å². The zero-order chi connectivity index (χ0) is 43.3. The summed E-state index contributed by atoms with van der Waals surface area (Å²) in [6, 6.07) is 0. The minimum atomic E-state index is -0.762. The molecule has 0 aromatic carbocycles. The van der Waals surface area contributed by atoms with E-state index in [9.17, 15) is 14.4 Å². The Morgan fingerprint density at radius 1 is 0.356 bits per heavy atom. The third-order valence-corrected chi connectivity index (χ3v) is 12.3. The van der Waals surface area contributed by atoms with Gasteiger partial charge >= 0.3 is 17.9 Å².